The van der Waals surface area contributed by atoms with Crippen LogP contribution in [-0.4, -0.2) is 27.9 Å². The summed E-state index contributed by atoms with van der Waals surface area (Å²) in [6, 6.07) is 3.40. The van der Waals surface area contributed by atoms with Crippen LogP contribution < -0.4 is 10.6 Å². The van der Waals surface area contributed by atoms with Gasteiger partial charge in [0.05, 0.1) is 12.4 Å². The molecule has 0 aliphatic rings. The molecular weight excluding hydrogens is 218 g/mol. The second kappa shape index (κ2) is 5.02. The summed E-state index contributed by atoms with van der Waals surface area (Å²) in [5, 5.41) is 5.52. The van der Waals surface area contributed by atoms with Gasteiger partial charge in [-0.05, 0) is 12.1 Å². The summed E-state index contributed by atoms with van der Waals surface area (Å²) in [6.07, 6.45) is 6.16. The summed E-state index contributed by atoms with van der Waals surface area (Å²) in [4.78, 5) is 23.7. The Bertz CT molecular complexity index is 514. The molecule has 86 valence electrons. The van der Waals surface area contributed by atoms with Gasteiger partial charge < -0.3 is 10.6 Å². The highest BCUT2D eigenvalue weighted by atomic mass is 16.1. The summed E-state index contributed by atoms with van der Waals surface area (Å²) in [5.41, 5.74) is 0.926. The molecule has 0 bridgehead atoms. The molecule has 0 saturated heterocycles. The van der Waals surface area contributed by atoms with Crippen LogP contribution in [0.4, 0.5) is 11.5 Å². The minimum Gasteiger partial charge on any atom is -0.372 e. The van der Waals surface area contributed by atoms with Crippen molar-refractivity contribution < 1.29 is 4.79 Å². The van der Waals surface area contributed by atoms with E-state index in [1.165, 1.54) is 6.20 Å². The molecule has 0 unspecified atom stereocenters. The van der Waals surface area contributed by atoms with E-state index in [2.05, 4.69) is 25.6 Å². The van der Waals surface area contributed by atoms with E-state index in [1.807, 2.05) is 0 Å². The normalized spacial score (nSPS) is 9.71. The van der Waals surface area contributed by atoms with E-state index < -0.39 is 0 Å². The lowest BCUT2D eigenvalue weighted by molar-refractivity contribution is 0.102. The van der Waals surface area contributed by atoms with Gasteiger partial charge in [-0.3, -0.25) is 14.8 Å². The first-order valence-corrected chi connectivity index (χ1v) is 5.01. The zero-order valence-electron chi connectivity index (χ0n) is 9.21. The van der Waals surface area contributed by atoms with Gasteiger partial charge in [0.2, 0.25) is 0 Å². The van der Waals surface area contributed by atoms with Gasteiger partial charge in [-0.15, -0.1) is 0 Å². The van der Waals surface area contributed by atoms with Crippen molar-refractivity contribution in [2.24, 2.45) is 0 Å². The van der Waals surface area contributed by atoms with Crippen LogP contribution in [0.3, 0.4) is 0 Å². The van der Waals surface area contributed by atoms with Crippen LogP contribution in [-0.2, 0) is 0 Å². The second-order valence-electron chi connectivity index (χ2n) is 3.23. The standard InChI is InChI=1S/C11H11N5O/c1-12-10-7-14-6-9(16-10)11(17)15-8-2-4-13-5-3-8/h2-7H,1H3,(H,12,16)(H,13,15,17). The molecule has 2 N–H and O–H groups in total. The van der Waals surface area contributed by atoms with Gasteiger partial charge in [-0.2, -0.15) is 0 Å². The minimum atomic E-state index is -0.305. The number of hydrogen-bond donors (Lipinski definition) is 2. The molecule has 0 aromatic carbocycles. The highest BCUT2D eigenvalue weighted by molar-refractivity contribution is 6.02. The Balaban J connectivity index is 2.14. The van der Waals surface area contributed by atoms with Crippen molar-refractivity contribution >= 4 is 17.4 Å². The molecule has 1 amide bonds. The number of carbonyl (C=O) groups excluding carboxylic acids is 1. The molecule has 2 aromatic heterocycles. The van der Waals surface area contributed by atoms with Crippen molar-refractivity contribution in [1.82, 2.24) is 15.0 Å². The van der Waals surface area contributed by atoms with E-state index in [-0.39, 0.29) is 11.6 Å². The molecule has 2 rings (SSSR count). The molecule has 0 radical (unpaired) electrons. The van der Waals surface area contributed by atoms with Crippen LogP contribution >= 0.6 is 0 Å². The summed E-state index contributed by atoms with van der Waals surface area (Å²) >= 11 is 0. The maximum Gasteiger partial charge on any atom is 0.275 e. The number of anilines is 2. The number of carbonyl (C=O) groups is 1. The van der Waals surface area contributed by atoms with Gasteiger partial charge >= 0.3 is 0 Å². The van der Waals surface area contributed by atoms with Crippen LogP contribution in [0.2, 0.25) is 0 Å². The molecule has 0 aliphatic heterocycles. The highest BCUT2D eigenvalue weighted by Gasteiger charge is 2.08. The average molecular weight is 229 g/mol. The molecule has 6 heteroatoms. The largest absolute Gasteiger partial charge is 0.372 e. The minimum absolute atomic E-state index is 0.258. The summed E-state index contributed by atoms with van der Waals surface area (Å²) in [7, 11) is 1.72. The van der Waals surface area contributed by atoms with Crippen LogP contribution in [0, 0.1) is 0 Å². The monoisotopic (exact) mass is 229 g/mol. The van der Waals surface area contributed by atoms with Crippen molar-refractivity contribution in [3.8, 4) is 0 Å². The average Bonchev–Trinajstić information content (AvgIpc) is 2.40. The molecular formula is C11H11N5O. The van der Waals surface area contributed by atoms with Crippen molar-refractivity contribution in [3.05, 3.63) is 42.6 Å². The Labute approximate surface area is 98.1 Å². The third-order valence-corrected chi connectivity index (χ3v) is 2.06. The Morgan fingerprint density at radius 2 is 1.94 bits per heavy atom. The predicted molar refractivity (Wildman–Crippen MR) is 63.8 cm³/mol. The van der Waals surface area contributed by atoms with Crippen molar-refractivity contribution in [3.63, 3.8) is 0 Å². The predicted octanol–water partition coefficient (Wildman–Crippen LogP) is 1.17. The maximum atomic E-state index is 11.8. The van der Waals surface area contributed by atoms with Gasteiger partial charge in [0, 0.05) is 25.1 Å². The lowest BCUT2D eigenvalue weighted by atomic mass is 10.3. The van der Waals surface area contributed by atoms with Crippen molar-refractivity contribution in [2.45, 2.75) is 0 Å². The van der Waals surface area contributed by atoms with Crippen molar-refractivity contribution in [1.29, 1.82) is 0 Å². The lowest BCUT2D eigenvalue weighted by Crippen LogP contribution is -2.14. The van der Waals surface area contributed by atoms with E-state index in [9.17, 15) is 4.79 Å². The van der Waals surface area contributed by atoms with Crippen LogP contribution in [0.5, 0.6) is 0 Å². The van der Waals surface area contributed by atoms with E-state index in [0.29, 0.717) is 11.5 Å². The number of rotatable bonds is 3. The Morgan fingerprint density at radius 1 is 1.18 bits per heavy atom. The summed E-state index contributed by atoms with van der Waals surface area (Å²) < 4.78 is 0. The molecule has 0 spiro atoms. The fourth-order valence-corrected chi connectivity index (χ4v) is 1.23. The van der Waals surface area contributed by atoms with Crippen LogP contribution in [0.15, 0.2) is 36.9 Å². The number of hydrogen-bond acceptors (Lipinski definition) is 5. The molecule has 2 aromatic rings. The Hall–Kier alpha value is -2.50. The van der Waals surface area contributed by atoms with Crippen LogP contribution in [0.25, 0.3) is 0 Å². The quantitative estimate of drug-likeness (QED) is 0.825. The first-order chi connectivity index (χ1) is 8.29. The first-order valence-electron chi connectivity index (χ1n) is 5.01. The molecule has 0 fully saturated rings. The van der Waals surface area contributed by atoms with Crippen LogP contribution in [0.1, 0.15) is 10.5 Å². The fraction of sp³-hybridized carbons (Fsp3) is 0.0909. The van der Waals surface area contributed by atoms with Gasteiger partial charge in [-0.1, -0.05) is 0 Å². The van der Waals surface area contributed by atoms with E-state index in [0.717, 1.165) is 0 Å². The number of aromatic nitrogens is 3. The third-order valence-electron chi connectivity index (χ3n) is 2.06. The first kappa shape index (κ1) is 11.0. The van der Waals surface area contributed by atoms with Gasteiger partial charge in [-0.25, -0.2) is 4.98 Å². The number of amides is 1. The highest BCUT2D eigenvalue weighted by Crippen LogP contribution is 2.07. The zero-order valence-corrected chi connectivity index (χ0v) is 9.21. The number of nitrogens with one attached hydrogen (secondary N) is 2. The molecule has 17 heavy (non-hydrogen) atoms. The topological polar surface area (TPSA) is 79.8 Å². The summed E-state index contributed by atoms with van der Waals surface area (Å²) in [6.45, 7) is 0. The zero-order chi connectivity index (χ0) is 12.1. The Kier molecular flexibility index (Phi) is 3.25. The van der Waals surface area contributed by atoms with E-state index in [4.69, 9.17) is 0 Å². The van der Waals surface area contributed by atoms with Gasteiger partial charge in [0.15, 0.2) is 0 Å². The number of pyridine rings is 1. The smallest absolute Gasteiger partial charge is 0.275 e. The van der Waals surface area contributed by atoms with E-state index >= 15 is 0 Å². The molecule has 0 aliphatic carbocycles. The lowest BCUT2D eigenvalue weighted by Gasteiger charge is -2.04. The van der Waals surface area contributed by atoms with Gasteiger partial charge in [0.1, 0.15) is 11.5 Å². The molecule has 6 nitrogen and oxygen atoms in total. The van der Waals surface area contributed by atoms with E-state index in [1.54, 1.807) is 37.8 Å². The fourth-order valence-electron chi connectivity index (χ4n) is 1.23. The second-order valence-corrected chi connectivity index (χ2v) is 3.23. The number of nitrogens with zero attached hydrogens (tertiary/aromatic N) is 3. The molecule has 2 heterocycles. The SMILES string of the molecule is CNc1cncc(C(=O)Nc2ccncc2)n1. The summed E-state index contributed by atoms with van der Waals surface area (Å²) in [5.74, 6) is 0.244. The molecule has 0 saturated carbocycles. The molecule has 0 atom stereocenters. The third kappa shape index (κ3) is 2.75. The van der Waals surface area contributed by atoms with Gasteiger partial charge in [0.25, 0.3) is 5.91 Å². The van der Waals surface area contributed by atoms with Crippen molar-refractivity contribution in [2.75, 3.05) is 17.7 Å². The Morgan fingerprint density at radius 3 is 2.65 bits per heavy atom. The maximum absolute atomic E-state index is 11.8.